The van der Waals surface area contributed by atoms with E-state index >= 15 is 0 Å². The topological polar surface area (TPSA) is 54.4 Å². The standard InChI is InChI=1S/C4H2F4O3/c5-3(6)4(7,8)1(9)2(10)11/h3H,(H,10,11). The number of aliphatic carboxylic acids is 1. The van der Waals surface area contributed by atoms with Crippen LogP contribution in [0.5, 0.6) is 0 Å². The van der Waals surface area contributed by atoms with Crippen molar-refractivity contribution in [2.75, 3.05) is 0 Å². The SMILES string of the molecule is O=C(O)C(=O)C(F)(F)C(F)F. The molecule has 0 aliphatic rings. The zero-order chi connectivity index (χ0) is 9.23. The van der Waals surface area contributed by atoms with Crippen molar-refractivity contribution >= 4 is 11.8 Å². The molecule has 0 heterocycles. The van der Waals surface area contributed by atoms with Gasteiger partial charge in [-0.15, -0.1) is 0 Å². The fraction of sp³-hybridized carbons (Fsp3) is 0.500. The molecule has 0 unspecified atom stereocenters. The molecule has 0 aromatic rings. The molecule has 0 atom stereocenters. The molecule has 0 saturated heterocycles. The number of Topliss-reactive ketones (excluding diaryl/α,β-unsaturated/α-hetero) is 1. The van der Waals surface area contributed by atoms with Crippen molar-refractivity contribution in [2.24, 2.45) is 0 Å². The van der Waals surface area contributed by atoms with Gasteiger partial charge < -0.3 is 5.11 Å². The van der Waals surface area contributed by atoms with E-state index in [0.717, 1.165) is 0 Å². The van der Waals surface area contributed by atoms with Gasteiger partial charge in [-0.2, -0.15) is 8.78 Å². The molecule has 0 aliphatic heterocycles. The van der Waals surface area contributed by atoms with Crippen LogP contribution in [0, 0.1) is 0 Å². The number of alkyl halides is 4. The van der Waals surface area contributed by atoms with Crippen LogP contribution < -0.4 is 0 Å². The van der Waals surface area contributed by atoms with Crippen molar-refractivity contribution in [2.45, 2.75) is 12.3 Å². The fourth-order valence-electron chi connectivity index (χ4n) is 0.242. The summed E-state index contributed by atoms with van der Waals surface area (Å²) in [7, 11) is 0. The largest absolute Gasteiger partial charge is 0.475 e. The Labute approximate surface area is 57.6 Å². The molecular formula is C4H2F4O3. The molecule has 11 heavy (non-hydrogen) atoms. The van der Waals surface area contributed by atoms with Crippen molar-refractivity contribution in [1.29, 1.82) is 0 Å². The van der Waals surface area contributed by atoms with E-state index in [9.17, 15) is 27.2 Å². The van der Waals surface area contributed by atoms with Crippen molar-refractivity contribution in [3.05, 3.63) is 0 Å². The Balaban J connectivity index is 4.56. The summed E-state index contributed by atoms with van der Waals surface area (Å²) in [6, 6.07) is 0. The zero-order valence-electron chi connectivity index (χ0n) is 4.85. The summed E-state index contributed by atoms with van der Waals surface area (Å²) >= 11 is 0. The minimum atomic E-state index is -5.09. The summed E-state index contributed by atoms with van der Waals surface area (Å²) in [5, 5.41) is 7.60. The second-order valence-electron chi connectivity index (χ2n) is 1.56. The average Bonchev–Trinajstić information content (AvgIpc) is 1.85. The Morgan fingerprint density at radius 2 is 1.64 bits per heavy atom. The summed E-state index contributed by atoms with van der Waals surface area (Å²) < 4.78 is 45.8. The quantitative estimate of drug-likeness (QED) is 0.501. The van der Waals surface area contributed by atoms with Crippen molar-refractivity contribution in [3.63, 3.8) is 0 Å². The van der Waals surface area contributed by atoms with Crippen LogP contribution in [0.1, 0.15) is 0 Å². The minimum Gasteiger partial charge on any atom is -0.475 e. The molecule has 0 aromatic heterocycles. The van der Waals surface area contributed by atoms with E-state index < -0.39 is 24.1 Å². The lowest BCUT2D eigenvalue weighted by molar-refractivity contribution is -0.177. The second kappa shape index (κ2) is 2.85. The molecule has 1 N–H and O–H groups in total. The van der Waals surface area contributed by atoms with Gasteiger partial charge in [-0.1, -0.05) is 0 Å². The van der Waals surface area contributed by atoms with Crippen LogP contribution in [0.15, 0.2) is 0 Å². The third-order valence-corrected chi connectivity index (χ3v) is 0.771. The Hall–Kier alpha value is -1.14. The number of carboxylic acids is 1. The monoisotopic (exact) mass is 174 g/mol. The summed E-state index contributed by atoms with van der Waals surface area (Å²) in [4.78, 5) is 19.3. The molecule has 64 valence electrons. The number of carbonyl (C=O) groups excluding carboxylic acids is 1. The predicted molar refractivity (Wildman–Crippen MR) is 23.6 cm³/mol. The first-order chi connectivity index (χ1) is 4.80. The van der Waals surface area contributed by atoms with Crippen LogP contribution >= 0.6 is 0 Å². The van der Waals surface area contributed by atoms with Gasteiger partial charge in [0.15, 0.2) is 0 Å². The Bertz CT molecular complexity index is 188. The molecule has 0 spiro atoms. The van der Waals surface area contributed by atoms with Gasteiger partial charge in [-0.3, -0.25) is 4.79 Å². The van der Waals surface area contributed by atoms with E-state index in [0.29, 0.717) is 0 Å². The smallest absolute Gasteiger partial charge is 0.378 e. The van der Waals surface area contributed by atoms with Gasteiger partial charge in [0.05, 0.1) is 0 Å². The highest BCUT2D eigenvalue weighted by Gasteiger charge is 2.52. The van der Waals surface area contributed by atoms with Crippen molar-refractivity contribution in [3.8, 4) is 0 Å². The van der Waals surface area contributed by atoms with Crippen LogP contribution in [0.25, 0.3) is 0 Å². The van der Waals surface area contributed by atoms with Gasteiger partial charge in [0.2, 0.25) is 0 Å². The Morgan fingerprint density at radius 1 is 1.27 bits per heavy atom. The summed E-state index contributed by atoms with van der Waals surface area (Å²) in [6.45, 7) is 0. The predicted octanol–water partition coefficient (Wildman–Crippen LogP) is 0.540. The molecule has 0 radical (unpaired) electrons. The van der Waals surface area contributed by atoms with Gasteiger partial charge in [-0.25, -0.2) is 13.6 Å². The zero-order valence-corrected chi connectivity index (χ0v) is 4.85. The number of rotatable bonds is 3. The first-order valence-corrected chi connectivity index (χ1v) is 2.23. The molecule has 0 rings (SSSR count). The Morgan fingerprint density at radius 3 is 1.73 bits per heavy atom. The summed E-state index contributed by atoms with van der Waals surface area (Å²) in [5.74, 6) is -10.5. The fourth-order valence-corrected chi connectivity index (χ4v) is 0.242. The lowest BCUT2D eigenvalue weighted by atomic mass is 10.2. The lowest BCUT2D eigenvalue weighted by Crippen LogP contribution is -2.41. The van der Waals surface area contributed by atoms with E-state index in [1.807, 2.05) is 0 Å². The highest BCUT2D eigenvalue weighted by Crippen LogP contribution is 2.23. The molecule has 0 bridgehead atoms. The maximum atomic E-state index is 11.7. The first-order valence-electron chi connectivity index (χ1n) is 2.23. The average molecular weight is 174 g/mol. The first kappa shape index (κ1) is 9.86. The lowest BCUT2D eigenvalue weighted by Gasteiger charge is -2.09. The maximum Gasteiger partial charge on any atom is 0.378 e. The third-order valence-electron chi connectivity index (χ3n) is 0.771. The molecule has 0 fully saturated rings. The van der Waals surface area contributed by atoms with Crippen LogP contribution in [0.3, 0.4) is 0 Å². The van der Waals surface area contributed by atoms with Crippen molar-refractivity contribution in [1.82, 2.24) is 0 Å². The highest BCUT2D eigenvalue weighted by atomic mass is 19.3. The van der Waals surface area contributed by atoms with Gasteiger partial charge in [-0.05, 0) is 0 Å². The summed E-state index contributed by atoms with van der Waals surface area (Å²) in [5.41, 5.74) is 0. The van der Waals surface area contributed by atoms with E-state index in [1.54, 1.807) is 0 Å². The number of carboxylic acid groups (broad SMARTS) is 1. The molecule has 3 nitrogen and oxygen atoms in total. The second-order valence-corrected chi connectivity index (χ2v) is 1.56. The van der Waals surface area contributed by atoms with E-state index in [-0.39, 0.29) is 0 Å². The third kappa shape index (κ3) is 1.89. The number of ketones is 1. The number of hydrogen-bond acceptors (Lipinski definition) is 2. The normalized spacial score (nSPS) is 11.7. The van der Waals surface area contributed by atoms with Crippen LogP contribution in [-0.2, 0) is 9.59 Å². The molecule has 0 aliphatic carbocycles. The van der Waals surface area contributed by atoms with Gasteiger partial charge in [0.1, 0.15) is 0 Å². The number of carbonyl (C=O) groups is 2. The van der Waals surface area contributed by atoms with Gasteiger partial charge >= 0.3 is 24.1 Å². The van der Waals surface area contributed by atoms with Crippen LogP contribution in [0.4, 0.5) is 17.6 Å². The maximum absolute atomic E-state index is 11.7. The molecule has 0 saturated carbocycles. The molecule has 0 aromatic carbocycles. The minimum absolute atomic E-state index is 2.57. The molecule has 7 heteroatoms. The Kier molecular flexibility index (Phi) is 2.55. The summed E-state index contributed by atoms with van der Waals surface area (Å²) in [6.07, 6.45) is -4.29. The van der Waals surface area contributed by atoms with Crippen LogP contribution in [-0.4, -0.2) is 29.2 Å². The molecule has 0 amide bonds. The highest BCUT2D eigenvalue weighted by molar-refractivity contribution is 6.35. The van der Waals surface area contributed by atoms with E-state index in [4.69, 9.17) is 5.11 Å². The van der Waals surface area contributed by atoms with Crippen LogP contribution in [0.2, 0.25) is 0 Å². The van der Waals surface area contributed by atoms with Gasteiger partial charge in [0.25, 0.3) is 0 Å². The van der Waals surface area contributed by atoms with Gasteiger partial charge in [0, 0.05) is 0 Å². The van der Waals surface area contributed by atoms with Crippen molar-refractivity contribution < 1.29 is 32.3 Å². The van der Waals surface area contributed by atoms with E-state index in [2.05, 4.69) is 0 Å². The van der Waals surface area contributed by atoms with E-state index in [1.165, 1.54) is 0 Å². The molecular weight excluding hydrogens is 172 g/mol. The number of hydrogen-bond donors (Lipinski definition) is 1. The number of halogens is 4.